The van der Waals surface area contributed by atoms with Crippen molar-refractivity contribution >= 4 is 11.6 Å². The van der Waals surface area contributed by atoms with Gasteiger partial charge in [-0.2, -0.15) is 5.10 Å². The standard InChI is InChI=1S/C22H23N5O3/c1-15-18(9-6-11-20(15)27(29)30)22(28)24-14-16-13-21(19-10-4-5-12-23-19)26(25-16)17-7-2-3-8-17/h4-6,9-13,17H,2-3,7-8,14H2,1H3,(H,24,28). The Balaban J connectivity index is 1.56. The number of carbonyl (C=O) groups is 1. The van der Waals surface area contributed by atoms with Crippen molar-refractivity contribution in [3.8, 4) is 11.4 Å². The summed E-state index contributed by atoms with van der Waals surface area (Å²) in [6, 6.07) is 12.6. The Kier molecular flexibility index (Phi) is 5.56. The highest BCUT2D eigenvalue weighted by atomic mass is 16.6. The highest BCUT2D eigenvalue weighted by Crippen LogP contribution is 2.33. The molecule has 1 aliphatic rings. The minimum Gasteiger partial charge on any atom is -0.346 e. The number of hydrogen-bond acceptors (Lipinski definition) is 5. The van der Waals surface area contributed by atoms with Crippen LogP contribution in [-0.4, -0.2) is 25.6 Å². The van der Waals surface area contributed by atoms with Crippen LogP contribution in [0.1, 0.15) is 53.3 Å². The first-order valence-electron chi connectivity index (χ1n) is 10.1. The zero-order chi connectivity index (χ0) is 21.1. The van der Waals surface area contributed by atoms with E-state index in [9.17, 15) is 14.9 Å². The van der Waals surface area contributed by atoms with Gasteiger partial charge < -0.3 is 5.32 Å². The molecule has 1 aliphatic carbocycles. The van der Waals surface area contributed by atoms with Gasteiger partial charge in [0, 0.05) is 23.4 Å². The van der Waals surface area contributed by atoms with E-state index in [-0.39, 0.29) is 18.1 Å². The Morgan fingerprint density at radius 3 is 2.73 bits per heavy atom. The number of nitro groups is 1. The van der Waals surface area contributed by atoms with Crippen LogP contribution >= 0.6 is 0 Å². The summed E-state index contributed by atoms with van der Waals surface area (Å²) in [4.78, 5) is 27.8. The van der Waals surface area contributed by atoms with Gasteiger partial charge in [-0.25, -0.2) is 0 Å². The van der Waals surface area contributed by atoms with Crippen molar-refractivity contribution in [1.29, 1.82) is 0 Å². The van der Waals surface area contributed by atoms with E-state index in [1.165, 1.54) is 25.0 Å². The van der Waals surface area contributed by atoms with Crippen LogP contribution in [0.2, 0.25) is 0 Å². The molecule has 0 radical (unpaired) electrons. The molecule has 0 unspecified atom stereocenters. The number of nitrogens with zero attached hydrogens (tertiary/aromatic N) is 4. The molecule has 8 heteroatoms. The first kappa shape index (κ1) is 19.8. The smallest absolute Gasteiger partial charge is 0.273 e. The van der Waals surface area contributed by atoms with Crippen LogP contribution in [-0.2, 0) is 6.54 Å². The molecule has 1 saturated carbocycles. The van der Waals surface area contributed by atoms with Crippen molar-refractivity contribution in [3.05, 3.63) is 75.6 Å². The molecule has 2 aromatic heterocycles. The van der Waals surface area contributed by atoms with Gasteiger partial charge in [-0.3, -0.25) is 24.6 Å². The molecule has 30 heavy (non-hydrogen) atoms. The Morgan fingerprint density at radius 2 is 2.03 bits per heavy atom. The van der Waals surface area contributed by atoms with Crippen molar-refractivity contribution in [2.75, 3.05) is 0 Å². The fraction of sp³-hybridized carbons (Fsp3) is 0.318. The SMILES string of the molecule is Cc1c(C(=O)NCc2cc(-c3ccccn3)n(C3CCCC3)n2)cccc1[N+](=O)[O-]. The Labute approximate surface area is 174 Å². The number of pyridine rings is 1. The summed E-state index contributed by atoms with van der Waals surface area (Å²) in [5.74, 6) is -0.356. The lowest BCUT2D eigenvalue weighted by Gasteiger charge is -2.13. The highest BCUT2D eigenvalue weighted by molar-refractivity contribution is 5.96. The second kappa shape index (κ2) is 8.44. The molecular weight excluding hydrogens is 382 g/mol. The van der Waals surface area contributed by atoms with Crippen molar-refractivity contribution < 1.29 is 9.72 Å². The normalized spacial score (nSPS) is 14.0. The number of hydrogen-bond donors (Lipinski definition) is 1. The minimum absolute atomic E-state index is 0.0643. The molecule has 3 aromatic rings. The van der Waals surface area contributed by atoms with E-state index >= 15 is 0 Å². The first-order valence-corrected chi connectivity index (χ1v) is 10.1. The summed E-state index contributed by atoms with van der Waals surface area (Å²) >= 11 is 0. The van der Waals surface area contributed by atoms with Crippen LogP contribution in [0.15, 0.2) is 48.7 Å². The number of amides is 1. The van der Waals surface area contributed by atoms with Crippen LogP contribution in [0.4, 0.5) is 5.69 Å². The molecule has 154 valence electrons. The molecule has 4 rings (SSSR count). The molecule has 0 atom stereocenters. The maximum absolute atomic E-state index is 12.7. The second-order valence-corrected chi connectivity index (χ2v) is 7.51. The third-order valence-corrected chi connectivity index (χ3v) is 5.56. The monoisotopic (exact) mass is 405 g/mol. The predicted octanol–water partition coefficient (Wildman–Crippen LogP) is 4.21. The van der Waals surface area contributed by atoms with E-state index in [4.69, 9.17) is 5.10 Å². The van der Waals surface area contributed by atoms with E-state index in [1.54, 1.807) is 19.2 Å². The molecule has 0 bridgehead atoms. The lowest BCUT2D eigenvalue weighted by molar-refractivity contribution is -0.385. The third kappa shape index (κ3) is 3.94. The van der Waals surface area contributed by atoms with E-state index in [2.05, 4.69) is 10.3 Å². The maximum Gasteiger partial charge on any atom is 0.273 e. The number of benzene rings is 1. The quantitative estimate of drug-likeness (QED) is 0.489. The summed E-state index contributed by atoms with van der Waals surface area (Å²) in [5.41, 5.74) is 3.11. The number of aromatic nitrogens is 3. The minimum atomic E-state index is -0.478. The first-order chi connectivity index (χ1) is 14.5. The molecule has 8 nitrogen and oxygen atoms in total. The summed E-state index contributed by atoms with van der Waals surface area (Å²) in [6.07, 6.45) is 6.29. The van der Waals surface area contributed by atoms with Gasteiger partial charge >= 0.3 is 0 Å². The van der Waals surface area contributed by atoms with Crippen molar-refractivity contribution in [2.24, 2.45) is 0 Å². The molecule has 0 spiro atoms. The van der Waals surface area contributed by atoms with Crippen LogP contribution in [0.25, 0.3) is 11.4 Å². The molecule has 1 N–H and O–H groups in total. The topological polar surface area (TPSA) is 103 Å². The second-order valence-electron chi connectivity index (χ2n) is 7.51. The molecule has 1 aromatic carbocycles. The maximum atomic E-state index is 12.7. The molecule has 2 heterocycles. The van der Waals surface area contributed by atoms with E-state index < -0.39 is 4.92 Å². The van der Waals surface area contributed by atoms with Crippen LogP contribution in [0.5, 0.6) is 0 Å². The Bertz CT molecular complexity index is 1070. The fourth-order valence-electron chi connectivity index (χ4n) is 4.00. The van der Waals surface area contributed by atoms with Gasteiger partial charge in [0.15, 0.2) is 0 Å². The molecule has 1 fully saturated rings. The predicted molar refractivity (Wildman–Crippen MR) is 112 cm³/mol. The van der Waals surface area contributed by atoms with Gasteiger partial charge in [0.1, 0.15) is 0 Å². The van der Waals surface area contributed by atoms with Gasteiger partial charge in [0.2, 0.25) is 0 Å². The highest BCUT2D eigenvalue weighted by Gasteiger charge is 2.23. The number of carbonyl (C=O) groups excluding carboxylic acids is 1. The third-order valence-electron chi connectivity index (χ3n) is 5.56. The van der Waals surface area contributed by atoms with Crippen LogP contribution in [0, 0.1) is 17.0 Å². The Morgan fingerprint density at radius 1 is 1.23 bits per heavy atom. The molecule has 0 saturated heterocycles. The van der Waals surface area contributed by atoms with Crippen LogP contribution < -0.4 is 5.32 Å². The molecule has 1 amide bonds. The van der Waals surface area contributed by atoms with Gasteiger partial charge in [-0.15, -0.1) is 0 Å². The summed E-state index contributed by atoms with van der Waals surface area (Å²) in [5, 5.41) is 18.7. The van der Waals surface area contributed by atoms with Gasteiger partial charge in [0.05, 0.1) is 34.6 Å². The summed E-state index contributed by atoms with van der Waals surface area (Å²) in [6.45, 7) is 1.82. The molecule has 0 aliphatic heterocycles. The average Bonchev–Trinajstić information content (AvgIpc) is 3.42. The average molecular weight is 405 g/mol. The largest absolute Gasteiger partial charge is 0.346 e. The number of nitro benzene ring substituents is 1. The van der Waals surface area contributed by atoms with Gasteiger partial charge in [-0.05, 0) is 44.0 Å². The summed E-state index contributed by atoms with van der Waals surface area (Å²) < 4.78 is 2.04. The summed E-state index contributed by atoms with van der Waals surface area (Å²) in [7, 11) is 0. The fourth-order valence-corrected chi connectivity index (χ4v) is 4.00. The lowest BCUT2D eigenvalue weighted by atomic mass is 10.1. The van der Waals surface area contributed by atoms with Gasteiger partial charge in [-0.1, -0.05) is 25.0 Å². The Hall–Kier alpha value is -3.55. The van der Waals surface area contributed by atoms with Crippen LogP contribution in [0.3, 0.4) is 0 Å². The van der Waals surface area contributed by atoms with Crippen molar-refractivity contribution in [3.63, 3.8) is 0 Å². The van der Waals surface area contributed by atoms with Gasteiger partial charge in [0.25, 0.3) is 11.6 Å². The number of rotatable bonds is 6. The molecular formula is C22H23N5O3. The van der Waals surface area contributed by atoms with Crippen molar-refractivity contribution in [2.45, 2.75) is 45.2 Å². The lowest BCUT2D eigenvalue weighted by Crippen LogP contribution is -2.24. The van der Waals surface area contributed by atoms with E-state index in [1.807, 2.05) is 28.9 Å². The van der Waals surface area contributed by atoms with E-state index in [0.29, 0.717) is 17.2 Å². The zero-order valence-electron chi connectivity index (χ0n) is 16.7. The van der Waals surface area contributed by atoms with Crippen molar-refractivity contribution in [1.82, 2.24) is 20.1 Å². The zero-order valence-corrected chi connectivity index (χ0v) is 16.7. The van der Waals surface area contributed by atoms with E-state index in [0.717, 1.165) is 29.9 Å². The number of nitrogens with one attached hydrogen (secondary N) is 1.